The van der Waals surface area contributed by atoms with Gasteiger partial charge in [-0.25, -0.2) is 4.39 Å². The van der Waals surface area contributed by atoms with Crippen molar-refractivity contribution in [3.63, 3.8) is 0 Å². The average Bonchev–Trinajstić information content (AvgIpc) is 3.11. The van der Waals surface area contributed by atoms with Crippen LogP contribution in [0.15, 0.2) is 48.5 Å². The van der Waals surface area contributed by atoms with E-state index in [2.05, 4.69) is 0 Å². The largest absolute Gasteiger partial charge is 0.457 e. The maximum atomic E-state index is 12.9. The molecule has 27 heavy (non-hydrogen) atoms. The van der Waals surface area contributed by atoms with Crippen LogP contribution in [0.3, 0.4) is 0 Å². The Bertz CT molecular complexity index is 848. The second kappa shape index (κ2) is 8.58. The number of nitrogens with zero attached hydrogens (tertiary/aromatic N) is 1. The first kappa shape index (κ1) is 18.8. The van der Waals surface area contributed by atoms with Gasteiger partial charge in [0.05, 0.1) is 0 Å². The molecule has 0 aliphatic carbocycles. The highest BCUT2D eigenvalue weighted by atomic mass is 19.1. The van der Waals surface area contributed by atoms with Crippen LogP contribution in [0.4, 0.5) is 10.1 Å². The molecule has 1 aliphatic rings. The fourth-order valence-corrected chi connectivity index (χ4v) is 2.97. The average molecular weight is 369 g/mol. The Morgan fingerprint density at radius 3 is 2.59 bits per heavy atom. The van der Waals surface area contributed by atoms with E-state index in [4.69, 9.17) is 4.74 Å². The minimum absolute atomic E-state index is 0.0480. The van der Waals surface area contributed by atoms with Gasteiger partial charge in [-0.1, -0.05) is 24.3 Å². The van der Waals surface area contributed by atoms with Crippen molar-refractivity contribution < 1.29 is 23.5 Å². The van der Waals surface area contributed by atoms with E-state index in [1.54, 1.807) is 41.3 Å². The molecule has 140 valence electrons. The summed E-state index contributed by atoms with van der Waals surface area (Å²) in [5.41, 5.74) is 1.91. The van der Waals surface area contributed by atoms with Gasteiger partial charge in [-0.15, -0.1) is 0 Å². The Morgan fingerprint density at radius 2 is 1.89 bits per heavy atom. The second-order valence-corrected chi connectivity index (χ2v) is 6.41. The van der Waals surface area contributed by atoms with Gasteiger partial charge in [0.15, 0.2) is 12.4 Å². The van der Waals surface area contributed by atoms with Gasteiger partial charge in [0, 0.05) is 30.6 Å². The molecule has 6 heteroatoms. The van der Waals surface area contributed by atoms with Crippen molar-refractivity contribution >= 4 is 23.3 Å². The number of hydrogen-bond donors (Lipinski definition) is 0. The second-order valence-electron chi connectivity index (χ2n) is 6.41. The van der Waals surface area contributed by atoms with E-state index in [0.29, 0.717) is 30.6 Å². The Labute approximate surface area is 156 Å². The molecule has 1 saturated heterocycles. The first-order valence-corrected chi connectivity index (χ1v) is 8.86. The number of halogens is 1. The summed E-state index contributed by atoms with van der Waals surface area (Å²) in [5, 5.41) is 0. The highest BCUT2D eigenvalue weighted by Crippen LogP contribution is 2.22. The number of amides is 1. The van der Waals surface area contributed by atoms with Crippen molar-refractivity contribution in [2.45, 2.75) is 25.7 Å². The van der Waals surface area contributed by atoms with E-state index >= 15 is 0 Å². The van der Waals surface area contributed by atoms with Crippen LogP contribution in [-0.4, -0.2) is 30.8 Å². The van der Waals surface area contributed by atoms with Crippen LogP contribution >= 0.6 is 0 Å². The zero-order valence-electron chi connectivity index (χ0n) is 14.8. The van der Waals surface area contributed by atoms with Crippen LogP contribution in [-0.2, 0) is 20.7 Å². The summed E-state index contributed by atoms with van der Waals surface area (Å²) in [6.45, 7) is 0.300. The third-order valence-corrected chi connectivity index (χ3v) is 4.45. The molecule has 1 aliphatic heterocycles. The van der Waals surface area contributed by atoms with Crippen molar-refractivity contribution in [3.8, 4) is 0 Å². The number of carbonyl (C=O) groups is 3. The van der Waals surface area contributed by atoms with Crippen molar-refractivity contribution in [1.82, 2.24) is 0 Å². The maximum absolute atomic E-state index is 12.9. The summed E-state index contributed by atoms with van der Waals surface area (Å²) < 4.78 is 17.9. The lowest BCUT2D eigenvalue weighted by Gasteiger charge is -2.16. The van der Waals surface area contributed by atoms with Crippen LogP contribution < -0.4 is 4.90 Å². The number of hydrogen-bond acceptors (Lipinski definition) is 4. The molecular weight excluding hydrogens is 349 g/mol. The van der Waals surface area contributed by atoms with Crippen molar-refractivity contribution in [1.29, 1.82) is 0 Å². The minimum atomic E-state index is -0.487. The highest BCUT2D eigenvalue weighted by molar-refractivity contribution is 6.01. The van der Waals surface area contributed by atoms with E-state index in [0.717, 1.165) is 12.0 Å². The van der Waals surface area contributed by atoms with Gasteiger partial charge >= 0.3 is 5.97 Å². The fourth-order valence-electron chi connectivity index (χ4n) is 2.97. The SMILES string of the molecule is O=C(CCc1ccc(F)cc1)OCC(=O)c1cccc(N2CCCC2=O)c1. The first-order valence-electron chi connectivity index (χ1n) is 8.86. The summed E-state index contributed by atoms with van der Waals surface area (Å²) in [7, 11) is 0. The minimum Gasteiger partial charge on any atom is -0.457 e. The number of ketones is 1. The van der Waals surface area contributed by atoms with Gasteiger partial charge in [-0.05, 0) is 42.7 Å². The van der Waals surface area contributed by atoms with Gasteiger partial charge < -0.3 is 9.64 Å². The summed E-state index contributed by atoms with van der Waals surface area (Å²) in [6.07, 6.45) is 1.85. The molecule has 0 saturated carbocycles. The molecule has 0 aromatic heterocycles. The molecule has 0 N–H and O–H groups in total. The molecule has 1 amide bonds. The standard InChI is InChI=1S/C21H20FNO4/c22-17-9-6-15(7-10-17)8-11-21(26)27-14-19(24)16-3-1-4-18(13-16)23-12-2-5-20(23)25/h1,3-4,6-7,9-10,13H,2,5,8,11-12,14H2. The lowest BCUT2D eigenvalue weighted by molar-refractivity contribution is -0.142. The Balaban J connectivity index is 1.50. The maximum Gasteiger partial charge on any atom is 0.306 e. The van der Waals surface area contributed by atoms with E-state index in [9.17, 15) is 18.8 Å². The van der Waals surface area contributed by atoms with E-state index < -0.39 is 5.97 Å². The van der Waals surface area contributed by atoms with Crippen molar-refractivity contribution in [2.75, 3.05) is 18.1 Å². The molecule has 0 unspecified atom stereocenters. The van der Waals surface area contributed by atoms with E-state index in [-0.39, 0.29) is 30.5 Å². The number of Topliss-reactive ketones (excluding diaryl/α,β-unsaturated/α-hetero) is 1. The molecule has 0 spiro atoms. The zero-order valence-corrected chi connectivity index (χ0v) is 14.8. The summed E-state index contributed by atoms with van der Waals surface area (Å²) in [4.78, 5) is 37.6. The Kier molecular flexibility index (Phi) is 5.96. The normalized spacial score (nSPS) is 13.7. The Hall–Kier alpha value is -3.02. The molecule has 2 aromatic rings. The smallest absolute Gasteiger partial charge is 0.306 e. The molecule has 1 heterocycles. The summed E-state index contributed by atoms with van der Waals surface area (Å²) in [5.74, 6) is -1.09. The third-order valence-electron chi connectivity index (χ3n) is 4.45. The Morgan fingerprint density at radius 1 is 1.11 bits per heavy atom. The fraction of sp³-hybridized carbons (Fsp3) is 0.286. The van der Waals surface area contributed by atoms with Crippen LogP contribution in [0.1, 0.15) is 35.2 Å². The number of aryl methyl sites for hydroxylation is 1. The number of benzene rings is 2. The zero-order chi connectivity index (χ0) is 19.2. The number of rotatable bonds is 7. The summed E-state index contributed by atoms with van der Waals surface area (Å²) in [6, 6.07) is 12.7. The molecule has 0 atom stereocenters. The molecule has 1 fully saturated rings. The van der Waals surface area contributed by atoms with Gasteiger partial charge in [-0.3, -0.25) is 14.4 Å². The van der Waals surface area contributed by atoms with E-state index in [1.807, 2.05) is 0 Å². The van der Waals surface area contributed by atoms with Crippen LogP contribution in [0, 0.1) is 5.82 Å². The molecule has 0 bridgehead atoms. The predicted octanol–water partition coefficient (Wildman–Crippen LogP) is 3.31. The number of ether oxygens (including phenoxy) is 1. The van der Waals surface area contributed by atoms with Crippen molar-refractivity contribution in [2.24, 2.45) is 0 Å². The molecule has 5 nitrogen and oxygen atoms in total. The van der Waals surface area contributed by atoms with Crippen LogP contribution in [0.25, 0.3) is 0 Å². The quantitative estimate of drug-likeness (QED) is 0.555. The predicted molar refractivity (Wildman–Crippen MR) is 98.0 cm³/mol. The number of anilines is 1. The van der Waals surface area contributed by atoms with Gasteiger partial charge in [0.2, 0.25) is 5.91 Å². The molecular formula is C21H20FNO4. The van der Waals surface area contributed by atoms with Gasteiger partial charge in [0.25, 0.3) is 0 Å². The van der Waals surface area contributed by atoms with Crippen LogP contribution in [0.5, 0.6) is 0 Å². The lowest BCUT2D eigenvalue weighted by Crippen LogP contribution is -2.24. The lowest BCUT2D eigenvalue weighted by atomic mass is 10.1. The van der Waals surface area contributed by atoms with Crippen LogP contribution in [0.2, 0.25) is 0 Å². The monoisotopic (exact) mass is 369 g/mol. The third kappa shape index (κ3) is 5.00. The van der Waals surface area contributed by atoms with Gasteiger partial charge in [-0.2, -0.15) is 0 Å². The van der Waals surface area contributed by atoms with Gasteiger partial charge in [0.1, 0.15) is 5.82 Å². The molecule has 3 rings (SSSR count). The number of esters is 1. The topological polar surface area (TPSA) is 63.7 Å². The highest BCUT2D eigenvalue weighted by Gasteiger charge is 2.22. The molecule has 2 aromatic carbocycles. The van der Waals surface area contributed by atoms with E-state index in [1.165, 1.54) is 12.1 Å². The first-order chi connectivity index (χ1) is 13.0. The molecule has 0 radical (unpaired) electrons. The summed E-state index contributed by atoms with van der Waals surface area (Å²) >= 11 is 0. The van der Waals surface area contributed by atoms with Crippen molar-refractivity contribution in [3.05, 3.63) is 65.5 Å². The number of carbonyl (C=O) groups excluding carboxylic acids is 3.